The molecule has 12 aromatic rings. The fourth-order valence-electron chi connectivity index (χ4n) is 15.9. The highest BCUT2D eigenvalue weighted by atomic mass is 16.5. The Morgan fingerprint density at radius 3 is 0.670 bits per heavy atom. The minimum Gasteiger partial charge on any atom is -0.507 e. The zero-order chi connectivity index (χ0) is 68.4. The molecule has 4 atom stereocenters. The van der Waals surface area contributed by atoms with Crippen LogP contribution < -0.4 is 40.2 Å². The summed E-state index contributed by atoms with van der Waals surface area (Å²) in [6.45, 7) is 11.6. The highest BCUT2D eigenvalue weighted by Crippen LogP contribution is 2.52. The average Bonchev–Trinajstić information content (AvgIpc) is 0.743. The van der Waals surface area contributed by atoms with E-state index in [1.54, 1.807) is 0 Å². The van der Waals surface area contributed by atoms with Gasteiger partial charge in [0.1, 0.15) is 46.0 Å². The number of hydrogen-bond acceptors (Lipinski definition) is 12. The van der Waals surface area contributed by atoms with Crippen LogP contribution in [-0.2, 0) is 26.2 Å². The first-order valence-electron chi connectivity index (χ1n) is 36.0. The van der Waals surface area contributed by atoms with Gasteiger partial charge in [0.05, 0.1) is 26.4 Å². The predicted molar refractivity (Wildman–Crippen MR) is 406 cm³/mol. The Labute approximate surface area is 585 Å². The van der Waals surface area contributed by atoms with Gasteiger partial charge in [0.2, 0.25) is 0 Å². The second-order valence-corrected chi connectivity index (χ2v) is 27.1. The van der Waals surface area contributed by atoms with Crippen LogP contribution in [0.15, 0.2) is 194 Å². The highest BCUT2D eigenvalue weighted by molar-refractivity contribution is 6.13. The fraction of sp³-hybridized carbons (Fsp3) is 0.273. The monoisotopic (exact) mass is 1330 g/mol. The predicted octanol–water partition coefficient (Wildman–Crippen LogP) is 19.4. The van der Waals surface area contributed by atoms with E-state index in [0.717, 1.165) is 162 Å². The molecule has 1 aliphatic heterocycles. The topological polar surface area (TPSA) is 166 Å². The Hall–Kier alpha value is -10.1. The van der Waals surface area contributed by atoms with Crippen LogP contribution in [0, 0.1) is 0 Å². The minimum atomic E-state index is -0.0172. The van der Waals surface area contributed by atoms with Crippen LogP contribution in [0.1, 0.15) is 101 Å². The van der Waals surface area contributed by atoms with Gasteiger partial charge in [0.25, 0.3) is 0 Å². The number of nitrogens with one attached hydrogen (secondary N) is 4. The molecule has 3 aliphatic rings. The summed E-state index contributed by atoms with van der Waals surface area (Å²) in [6.07, 6.45) is 7.64. The summed E-state index contributed by atoms with van der Waals surface area (Å²) in [4.78, 5) is 0. The average molecular weight is 1330 g/mol. The molecule has 12 heteroatoms. The lowest BCUT2D eigenvalue weighted by Gasteiger charge is -2.34. The zero-order valence-corrected chi connectivity index (χ0v) is 57.5. The first-order chi connectivity index (χ1) is 49.0. The van der Waals surface area contributed by atoms with Gasteiger partial charge in [-0.15, -0.1) is 0 Å². The van der Waals surface area contributed by atoms with Gasteiger partial charge >= 0.3 is 0 Å². The van der Waals surface area contributed by atoms with Crippen molar-refractivity contribution in [2.75, 3.05) is 26.4 Å². The molecule has 0 aromatic heterocycles. The van der Waals surface area contributed by atoms with Gasteiger partial charge in [-0.1, -0.05) is 123 Å². The molecule has 0 radical (unpaired) electrons. The Morgan fingerprint density at radius 2 is 0.470 bits per heavy atom. The molecule has 508 valence electrons. The van der Waals surface area contributed by atoms with E-state index in [4.69, 9.17) is 18.9 Å². The summed E-state index contributed by atoms with van der Waals surface area (Å²) >= 11 is 0. The normalized spacial score (nSPS) is 17.5. The van der Waals surface area contributed by atoms with Crippen LogP contribution in [0.25, 0.3) is 110 Å². The lowest BCUT2D eigenvalue weighted by atomic mass is 9.86. The van der Waals surface area contributed by atoms with E-state index < -0.39 is 0 Å². The van der Waals surface area contributed by atoms with Crippen molar-refractivity contribution in [3.63, 3.8) is 0 Å². The van der Waals surface area contributed by atoms with E-state index >= 15 is 0 Å². The molecule has 1 heterocycles. The molecule has 2 fully saturated rings. The number of fused-ring (bicyclic) bond motifs is 20. The molecule has 2 saturated carbocycles. The number of aromatic hydroxyl groups is 4. The van der Waals surface area contributed by atoms with Gasteiger partial charge < -0.3 is 60.6 Å². The van der Waals surface area contributed by atoms with Crippen molar-refractivity contribution in [1.82, 2.24) is 21.3 Å². The second-order valence-electron chi connectivity index (χ2n) is 27.1. The van der Waals surface area contributed by atoms with Crippen molar-refractivity contribution in [3.05, 3.63) is 216 Å². The third-order valence-corrected chi connectivity index (χ3v) is 21.0. The van der Waals surface area contributed by atoms with Gasteiger partial charge in [-0.05, 0) is 238 Å². The quantitative estimate of drug-likeness (QED) is 0.0585. The first-order valence-corrected chi connectivity index (χ1v) is 36.0. The lowest BCUT2D eigenvalue weighted by Crippen LogP contribution is -2.49. The van der Waals surface area contributed by atoms with E-state index in [2.05, 4.69) is 167 Å². The molecule has 12 aromatic carbocycles. The van der Waals surface area contributed by atoms with Crippen molar-refractivity contribution < 1.29 is 39.4 Å². The van der Waals surface area contributed by atoms with Crippen molar-refractivity contribution >= 4 is 43.1 Å². The smallest absolute Gasteiger partial charge is 0.128 e. The van der Waals surface area contributed by atoms with E-state index in [0.29, 0.717) is 97.1 Å². The molecule has 0 amide bonds. The number of rotatable bonds is 12. The lowest BCUT2D eigenvalue weighted by molar-refractivity contribution is 0.279. The van der Waals surface area contributed by atoms with E-state index in [1.165, 1.54) is 0 Å². The number of ether oxygens (including phenoxy) is 4. The van der Waals surface area contributed by atoms with Crippen molar-refractivity contribution in [2.45, 2.75) is 129 Å². The van der Waals surface area contributed by atoms with Gasteiger partial charge in [-0.3, -0.25) is 0 Å². The maximum Gasteiger partial charge on any atom is 0.128 e. The molecular formula is C88H88N4O8. The summed E-state index contributed by atoms with van der Waals surface area (Å²) < 4.78 is 23.4. The maximum atomic E-state index is 13.3. The van der Waals surface area contributed by atoms with E-state index in [-0.39, 0.29) is 47.2 Å². The standard InChI is InChI=1S/C88H88N4O8/c1-5-97-69-29-17-53(18-30-69)57-25-37-73-61(41-57)45-65-49-89-77-13-9-10-14-78(77)91-51-67-47-63-43-59(55-21-33-71(34-22-55)99-7-3)27-39-75(63)83(87(67)95)84-76-40-28-60(56-23-35-72(36-24-56)100-8-4)44-64(76)48-68(88(84)96)52-92-80-16-12-11-15-79(80)90-50-66-46-62-42-58(54-19-31-70(32-20-54)98-6-2)26-38-74(62)82(86(66)94)81(73)85(65)93/h17-48,77-80,89-96H,5-16,49-52H2,1-4H3/t77-,78-,79-,80-/m1/s1. The van der Waals surface area contributed by atoms with Crippen LogP contribution in [-0.4, -0.2) is 71.0 Å². The van der Waals surface area contributed by atoms with Crippen LogP contribution in [0.4, 0.5) is 0 Å². The summed E-state index contributed by atoms with van der Waals surface area (Å²) in [7, 11) is 0. The Kier molecular flexibility index (Phi) is 19.1. The molecule has 15 rings (SSSR count). The van der Waals surface area contributed by atoms with Gasteiger partial charge in [0.15, 0.2) is 0 Å². The highest BCUT2D eigenvalue weighted by Gasteiger charge is 2.31. The van der Waals surface area contributed by atoms with E-state index in [1.807, 2.05) is 76.2 Å². The third-order valence-electron chi connectivity index (χ3n) is 21.0. The molecular weight excluding hydrogens is 1240 g/mol. The van der Waals surface area contributed by atoms with Crippen LogP contribution in [0.3, 0.4) is 0 Å². The molecule has 12 nitrogen and oxygen atoms in total. The second kappa shape index (κ2) is 29.0. The Bertz CT molecular complexity index is 4350. The molecule has 2 aliphatic carbocycles. The molecule has 0 unspecified atom stereocenters. The van der Waals surface area contributed by atoms with Crippen molar-refractivity contribution in [2.24, 2.45) is 0 Å². The number of hydrogen-bond donors (Lipinski definition) is 8. The maximum absolute atomic E-state index is 13.3. The summed E-state index contributed by atoms with van der Waals surface area (Å²) in [5.74, 6) is 3.69. The van der Waals surface area contributed by atoms with Gasteiger partial charge in [-0.2, -0.15) is 0 Å². The molecule has 8 bridgehead atoms. The number of phenolic OH excluding ortho intramolecular Hbond substituents is 4. The summed E-state index contributed by atoms with van der Waals surface area (Å²) in [6, 6.07) is 66.8. The number of benzene rings is 12. The number of phenols is 4. The van der Waals surface area contributed by atoms with Gasteiger partial charge in [-0.25, -0.2) is 0 Å². The van der Waals surface area contributed by atoms with Crippen molar-refractivity contribution in [3.8, 4) is 113 Å². The first kappa shape index (κ1) is 65.8. The Balaban J connectivity index is 0.899. The van der Waals surface area contributed by atoms with Crippen LogP contribution in [0.2, 0.25) is 0 Å². The largest absolute Gasteiger partial charge is 0.507 e. The third kappa shape index (κ3) is 13.2. The summed E-state index contributed by atoms with van der Waals surface area (Å²) in [5.41, 5.74) is 13.3. The zero-order valence-electron chi connectivity index (χ0n) is 57.5. The fourth-order valence-corrected chi connectivity index (χ4v) is 15.9. The van der Waals surface area contributed by atoms with Crippen molar-refractivity contribution in [1.29, 1.82) is 0 Å². The molecule has 8 N–H and O–H groups in total. The SMILES string of the molecule is CCOc1ccc(-c2ccc3c4c(O)c(cc3c2)CN[C@@H]2CCCC[C@H]2NCc2cc3cc(-c5ccc(OCC)cc5)ccc3c(c2O)-c2c(O)c(cc3cc(-c5ccc(OCC)cc5)ccc23)CN[C@@H]2CCCC[C@H]2NCc2cc3cc(-c5ccc(OCC)cc5)ccc3c-4c2O)cc1. The minimum absolute atomic E-state index is 0.0172. The summed E-state index contributed by atoms with van der Waals surface area (Å²) in [5, 5.41) is 76.2. The molecule has 0 saturated heterocycles. The van der Waals surface area contributed by atoms with E-state index in [9.17, 15) is 20.4 Å². The van der Waals surface area contributed by atoms with Crippen LogP contribution >= 0.6 is 0 Å². The molecule has 100 heavy (non-hydrogen) atoms. The molecule has 0 spiro atoms. The Morgan fingerprint density at radius 1 is 0.270 bits per heavy atom. The van der Waals surface area contributed by atoms with Crippen LogP contribution in [0.5, 0.6) is 46.0 Å². The van der Waals surface area contributed by atoms with Gasteiger partial charge in [0, 0.05) is 94.9 Å².